The summed E-state index contributed by atoms with van der Waals surface area (Å²) in [6.07, 6.45) is 1.77. The molecule has 12 heavy (non-hydrogen) atoms. The number of aromatic nitrogens is 2. The monoisotopic (exact) mass is 158 g/mol. The van der Waals surface area contributed by atoms with Crippen LogP contribution in [0.2, 0.25) is 0 Å². The minimum absolute atomic E-state index is 0.803. The smallest absolute Gasteiger partial charge is 0.152 e. The van der Waals surface area contributed by atoms with Gasteiger partial charge in [-0.25, -0.2) is 0 Å². The Hall–Kier alpha value is -1.77. The molecule has 0 atom stereocenters. The molecule has 1 radical (unpaired) electrons. The predicted octanol–water partition coefficient (Wildman–Crippen LogP) is 1.95. The van der Waals surface area contributed by atoms with Gasteiger partial charge in [0.2, 0.25) is 0 Å². The Bertz CT molecular complexity index is 326. The molecule has 0 aliphatic carbocycles. The van der Waals surface area contributed by atoms with Crippen LogP contribution >= 0.6 is 0 Å². The number of H-pyrrole nitrogens is 1. The molecular weight excluding hydrogens is 150 g/mol. The van der Waals surface area contributed by atoms with Crippen LogP contribution in [-0.4, -0.2) is 10.2 Å². The second-order valence-corrected chi connectivity index (χ2v) is 2.36. The van der Waals surface area contributed by atoms with Crippen LogP contribution in [0.4, 0.5) is 11.5 Å². The number of benzene rings is 1. The molecule has 3 nitrogen and oxygen atoms in total. The molecule has 0 aliphatic rings. The highest BCUT2D eigenvalue weighted by molar-refractivity contribution is 5.54. The standard InChI is InChI=1S/C9H8N3/c1-2-4-8(5-3-1)11-9-6-7-10-12-9/h1-4,6-7H,(H2,10,11,12). The third-order valence-corrected chi connectivity index (χ3v) is 1.47. The summed E-state index contributed by atoms with van der Waals surface area (Å²) in [5.41, 5.74) is 0.921. The van der Waals surface area contributed by atoms with E-state index in [-0.39, 0.29) is 0 Å². The minimum atomic E-state index is 0.803. The Labute approximate surface area is 70.4 Å². The van der Waals surface area contributed by atoms with Crippen molar-refractivity contribution in [1.82, 2.24) is 10.2 Å². The van der Waals surface area contributed by atoms with Gasteiger partial charge in [0.25, 0.3) is 0 Å². The van der Waals surface area contributed by atoms with Crippen LogP contribution in [0.15, 0.2) is 36.5 Å². The molecule has 0 fully saturated rings. The molecule has 1 heterocycles. The Morgan fingerprint density at radius 2 is 2.33 bits per heavy atom. The van der Waals surface area contributed by atoms with Gasteiger partial charge in [-0.05, 0) is 6.07 Å². The lowest BCUT2D eigenvalue weighted by Crippen LogP contribution is -1.89. The van der Waals surface area contributed by atoms with E-state index in [0.29, 0.717) is 0 Å². The minimum Gasteiger partial charge on any atom is -0.338 e. The van der Waals surface area contributed by atoms with Crippen molar-refractivity contribution in [2.75, 3.05) is 5.32 Å². The van der Waals surface area contributed by atoms with Crippen molar-refractivity contribution in [3.8, 4) is 0 Å². The van der Waals surface area contributed by atoms with Gasteiger partial charge in [0.1, 0.15) is 0 Å². The number of hydrogen-bond acceptors (Lipinski definition) is 2. The highest BCUT2D eigenvalue weighted by Gasteiger charge is 1.93. The molecule has 0 saturated carbocycles. The molecule has 0 amide bonds. The number of nitrogens with zero attached hydrogens (tertiary/aromatic N) is 1. The molecule has 0 bridgehead atoms. The third-order valence-electron chi connectivity index (χ3n) is 1.47. The van der Waals surface area contributed by atoms with E-state index in [1.165, 1.54) is 0 Å². The number of nitrogens with one attached hydrogen (secondary N) is 2. The lowest BCUT2D eigenvalue weighted by Gasteiger charge is -1.99. The Balaban J connectivity index is 2.15. The number of hydrogen-bond donors (Lipinski definition) is 2. The summed E-state index contributed by atoms with van der Waals surface area (Å²) in [5.74, 6) is 0.803. The molecule has 2 aromatic rings. The van der Waals surface area contributed by atoms with Crippen molar-refractivity contribution in [3.63, 3.8) is 0 Å². The van der Waals surface area contributed by atoms with Gasteiger partial charge in [0.15, 0.2) is 5.82 Å². The fourth-order valence-electron chi connectivity index (χ4n) is 0.939. The van der Waals surface area contributed by atoms with E-state index in [1.54, 1.807) is 6.20 Å². The topological polar surface area (TPSA) is 40.7 Å². The maximum atomic E-state index is 3.96. The summed E-state index contributed by atoms with van der Waals surface area (Å²) in [6, 6.07) is 12.6. The van der Waals surface area contributed by atoms with Crippen LogP contribution < -0.4 is 5.32 Å². The molecule has 59 valence electrons. The van der Waals surface area contributed by atoms with Gasteiger partial charge in [-0.2, -0.15) is 5.10 Å². The summed E-state index contributed by atoms with van der Waals surface area (Å²) in [4.78, 5) is 0. The fraction of sp³-hybridized carbons (Fsp3) is 0. The van der Waals surface area contributed by atoms with Crippen LogP contribution in [-0.2, 0) is 0 Å². The first-order chi connectivity index (χ1) is 5.95. The van der Waals surface area contributed by atoms with Crippen molar-refractivity contribution in [1.29, 1.82) is 0 Å². The van der Waals surface area contributed by atoms with Gasteiger partial charge in [0.05, 0.1) is 0 Å². The fourth-order valence-corrected chi connectivity index (χ4v) is 0.939. The average Bonchev–Trinajstić information content (AvgIpc) is 2.59. The summed E-state index contributed by atoms with van der Waals surface area (Å²) in [7, 11) is 0. The molecule has 2 N–H and O–H groups in total. The lowest BCUT2D eigenvalue weighted by molar-refractivity contribution is 1.09. The largest absolute Gasteiger partial charge is 0.338 e. The first-order valence-electron chi connectivity index (χ1n) is 3.69. The Morgan fingerprint density at radius 1 is 1.33 bits per heavy atom. The van der Waals surface area contributed by atoms with Crippen LogP contribution in [0, 0.1) is 6.07 Å². The summed E-state index contributed by atoms with van der Waals surface area (Å²) < 4.78 is 0. The Morgan fingerprint density at radius 3 is 3.00 bits per heavy atom. The molecule has 0 saturated heterocycles. The maximum absolute atomic E-state index is 3.96. The molecule has 0 aliphatic heterocycles. The molecular formula is C9H8N3. The van der Waals surface area contributed by atoms with E-state index in [2.05, 4.69) is 21.6 Å². The van der Waals surface area contributed by atoms with Gasteiger partial charge in [-0.15, -0.1) is 0 Å². The molecule has 0 spiro atoms. The highest BCUT2D eigenvalue weighted by atomic mass is 15.2. The van der Waals surface area contributed by atoms with Crippen molar-refractivity contribution >= 4 is 11.5 Å². The predicted molar refractivity (Wildman–Crippen MR) is 47.1 cm³/mol. The zero-order valence-corrected chi connectivity index (χ0v) is 6.41. The molecule has 1 aromatic carbocycles. The zero-order chi connectivity index (χ0) is 8.23. The van der Waals surface area contributed by atoms with Crippen LogP contribution in [0.25, 0.3) is 0 Å². The lowest BCUT2D eigenvalue weighted by atomic mass is 10.3. The number of anilines is 2. The van der Waals surface area contributed by atoms with E-state index in [9.17, 15) is 0 Å². The van der Waals surface area contributed by atoms with E-state index < -0.39 is 0 Å². The van der Waals surface area contributed by atoms with Crippen molar-refractivity contribution in [3.05, 3.63) is 42.6 Å². The van der Waals surface area contributed by atoms with E-state index in [0.717, 1.165) is 11.5 Å². The maximum Gasteiger partial charge on any atom is 0.152 e. The molecule has 0 unspecified atom stereocenters. The van der Waals surface area contributed by atoms with Gasteiger partial charge in [-0.3, -0.25) is 5.10 Å². The second-order valence-electron chi connectivity index (χ2n) is 2.36. The van der Waals surface area contributed by atoms with E-state index >= 15 is 0 Å². The van der Waals surface area contributed by atoms with Gasteiger partial charge in [-0.1, -0.05) is 18.2 Å². The SMILES string of the molecule is [c]1ccccc1Nc1cc[nH]n1. The van der Waals surface area contributed by atoms with Gasteiger partial charge in [0, 0.05) is 24.0 Å². The van der Waals surface area contributed by atoms with Crippen molar-refractivity contribution < 1.29 is 0 Å². The molecule has 2 rings (SSSR count). The van der Waals surface area contributed by atoms with Crippen molar-refractivity contribution in [2.24, 2.45) is 0 Å². The quantitative estimate of drug-likeness (QED) is 0.701. The third kappa shape index (κ3) is 1.45. The van der Waals surface area contributed by atoms with Gasteiger partial charge < -0.3 is 5.32 Å². The summed E-state index contributed by atoms with van der Waals surface area (Å²) in [5, 5.41) is 9.76. The van der Waals surface area contributed by atoms with Crippen LogP contribution in [0.1, 0.15) is 0 Å². The molecule has 1 aromatic heterocycles. The first-order valence-corrected chi connectivity index (χ1v) is 3.69. The zero-order valence-electron chi connectivity index (χ0n) is 6.41. The Kier molecular flexibility index (Phi) is 1.78. The van der Waals surface area contributed by atoms with E-state index in [4.69, 9.17) is 0 Å². The summed E-state index contributed by atoms with van der Waals surface area (Å²) in [6.45, 7) is 0. The highest BCUT2D eigenvalue weighted by Crippen LogP contribution is 2.10. The first kappa shape index (κ1) is 6.91. The van der Waals surface area contributed by atoms with E-state index in [1.807, 2.05) is 30.3 Å². The van der Waals surface area contributed by atoms with Crippen LogP contribution in [0.5, 0.6) is 0 Å². The van der Waals surface area contributed by atoms with Gasteiger partial charge >= 0.3 is 0 Å². The van der Waals surface area contributed by atoms with Crippen LogP contribution in [0.3, 0.4) is 0 Å². The average molecular weight is 158 g/mol. The second kappa shape index (κ2) is 3.09. The van der Waals surface area contributed by atoms with Crippen molar-refractivity contribution in [2.45, 2.75) is 0 Å². The number of para-hydroxylation sites is 1. The summed E-state index contributed by atoms with van der Waals surface area (Å²) >= 11 is 0. The number of rotatable bonds is 2. The number of aromatic amines is 1. The molecule has 3 heteroatoms. The normalized spacial score (nSPS) is 9.67.